The molecule has 1 aromatic rings. The second-order valence-electron chi connectivity index (χ2n) is 4.32. The van der Waals surface area contributed by atoms with E-state index in [1.807, 2.05) is 0 Å². The molecule has 0 N–H and O–H groups in total. The molecule has 0 saturated carbocycles. The molecule has 6 heteroatoms. The Morgan fingerprint density at radius 2 is 2.14 bits per heavy atom. The summed E-state index contributed by atoms with van der Waals surface area (Å²) in [4.78, 5) is 0. The maximum Gasteiger partial charge on any atom is 0.150 e. The highest BCUT2D eigenvalue weighted by atomic mass is 35.5. The molecule has 21 heavy (non-hydrogen) atoms. The van der Waals surface area contributed by atoms with Crippen LogP contribution in [0.5, 0.6) is 5.75 Å². The van der Waals surface area contributed by atoms with E-state index in [1.54, 1.807) is 6.92 Å². The lowest BCUT2D eigenvalue weighted by atomic mass is 10.2. The van der Waals surface area contributed by atoms with Gasteiger partial charge in [-0.1, -0.05) is 18.8 Å². The van der Waals surface area contributed by atoms with E-state index in [-0.39, 0.29) is 18.1 Å². The van der Waals surface area contributed by atoms with Crippen LogP contribution >= 0.6 is 11.6 Å². The van der Waals surface area contributed by atoms with Gasteiger partial charge in [0.25, 0.3) is 0 Å². The number of sulfone groups is 1. The first-order valence-electron chi connectivity index (χ1n) is 6.66. The monoisotopic (exact) mass is 332 g/mol. The molecule has 0 radical (unpaired) electrons. The van der Waals surface area contributed by atoms with Gasteiger partial charge in [-0.2, -0.15) is 0 Å². The van der Waals surface area contributed by atoms with Crippen molar-refractivity contribution in [3.8, 4) is 17.6 Å². The summed E-state index contributed by atoms with van der Waals surface area (Å²) in [6, 6.07) is 4.09. The normalized spacial score (nSPS) is 10.8. The topological polar surface area (TPSA) is 43.4 Å². The quantitative estimate of drug-likeness (QED) is 0.438. The Morgan fingerprint density at radius 1 is 1.38 bits per heavy atom. The zero-order valence-electron chi connectivity index (χ0n) is 11.9. The van der Waals surface area contributed by atoms with Gasteiger partial charge in [-0.25, -0.2) is 12.8 Å². The van der Waals surface area contributed by atoms with E-state index >= 15 is 0 Å². The fourth-order valence-electron chi connectivity index (χ4n) is 1.53. The van der Waals surface area contributed by atoms with Crippen LogP contribution in [0.25, 0.3) is 0 Å². The highest BCUT2D eigenvalue weighted by Gasteiger charge is 2.08. The predicted octanol–water partition coefficient (Wildman–Crippen LogP) is 3.01. The second-order valence-corrected chi connectivity index (χ2v) is 7.17. The van der Waals surface area contributed by atoms with Crippen molar-refractivity contribution in [2.45, 2.75) is 19.8 Å². The van der Waals surface area contributed by atoms with Crippen molar-refractivity contribution >= 4 is 21.4 Å². The van der Waals surface area contributed by atoms with Crippen LogP contribution in [0, 0.1) is 17.7 Å². The molecule has 0 aliphatic heterocycles. The molecule has 0 fully saturated rings. The minimum Gasteiger partial charge on any atom is -0.492 e. The van der Waals surface area contributed by atoms with E-state index in [0.717, 1.165) is 0 Å². The number of alkyl halides is 1. The van der Waals surface area contributed by atoms with Crippen LogP contribution in [0.15, 0.2) is 18.2 Å². The zero-order valence-corrected chi connectivity index (χ0v) is 13.4. The number of rotatable bonds is 7. The van der Waals surface area contributed by atoms with Crippen LogP contribution < -0.4 is 4.74 Å². The van der Waals surface area contributed by atoms with Crippen LogP contribution in [0.3, 0.4) is 0 Å². The number of hydrogen-bond acceptors (Lipinski definition) is 3. The third-order valence-electron chi connectivity index (χ3n) is 2.68. The van der Waals surface area contributed by atoms with Gasteiger partial charge in [0.05, 0.1) is 17.9 Å². The van der Waals surface area contributed by atoms with Crippen molar-refractivity contribution < 1.29 is 17.5 Å². The van der Waals surface area contributed by atoms with Crippen molar-refractivity contribution in [1.29, 1.82) is 0 Å². The van der Waals surface area contributed by atoms with Crippen LogP contribution in [-0.2, 0) is 9.84 Å². The van der Waals surface area contributed by atoms with E-state index in [1.165, 1.54) is 18.2 Å². The van der Waals surface area contributed by atoms with Gasteiger partial charge in [-0.05, 0) is 18.6 Å². The van der Waals surface area contributed by atoms with E-state index < -0.39 is 15.7 Å². The first kappa shape index (κ1) is 17.8. The second kappa shape index (κ2) is 8.91. The fraction of sp³-hybridized carbons (Fsp3) is 0.467. The maximum atomic E-state index is 13.2. The highest BCUT2D eigenvalue weighted by molar-refractivity contribution is 7.91. The molecular weight excluding hydrogens is 315 g/mol. The maximum absolute atomic E-state index is 13.2. The lowest BCUT2D eigenvalue weighted by Crippen LogP contribution is -2.12. The lowest BCUT2D eigenvalue weighted by Gasteiger charge is -2.08. The molecule has 0 amide bonds. The van der Waals surface area contributed by atoms with Gasteiger partial charge in [-0.15, -0.1) is 11.6 Å². The molecule has 0 aliphatic rings. The van der Waals surface area contributed by atoms with Gasteiger partial charge in [0.15, 0.2) is 0 Å². The predicted molar refractivity (Wildman–Crippen MR) is 83.1 cm³/mol. The summed E-state index contributed by atoms with van der Waals surface area (Å²) in [5.74, 6) is 6.23. The molecule has 0 heterocycles. The van der Waals surface area contributed by atoms with E-state index in [2.05, 4.69) is 11.8 Å². The summed E-state index contributed by atoms with van der Waals surface area (Å²) >= 11 is 5.54. The Hall–Kier alpha value is -1.25. The van der Waals surface area contributed by atoms with Crippen LogP contribution in [0.1, 0.15) is 25.3 Å². The Balaban J connectivity index is 2.65. The molecular formula is C15H18ClFO3S. The number of halogens is 2. The zero-order chi connectivity index (χ0) is 15.7. The SMILES string of the molecule is CCS(=O)(=O)CCCOc1cc(F)ccc1C#CCCCl. The van der Waals surface area contributed by atoms with Crippen molar-refractivity contribution in [3.63, 3.8) is 0 Å². The van der Waals surface area contributed by atoms with Gasteiger partial charge in [0, 0.05) is 24.1 Å². The van der Waals surface area contributed by atoms with Crippen molar-refractivity contribution in [3.05, 3.63) is 29.6 Å². The van der Waals surface area contributed by atoms with Gasteiger partial charge in [-0.3, -0.25) is 0 Å². The van der Waals surface area contributed by atoms with Gasteiger partial charge >= 0.3 is 0 Å². The summed E-state index contributed by atoms with van der Waals surface area (Å²) in [5, 5.41) is 0. The molecule has 1 rings (SSSR count). The molecule has 0 spiro atoms. The van der Waals surface area contributed by atoms with Crippen LogP contribution in [0.4, 0.5) is 4.39 Å². The summed E-state index contributed by atoms with van der Waals surface area (Å²) in [6.07, 6.45) is 0.897. The summed E-state index contributed by atoms with van der Waals surface area (Å²) < 4.78 is 41.4. The van der Waals surface area contributed by atoms with E-state index in [0.29, 0.717) is 30.0 Å². The van der Waals surface area contributed by atoms with Crippen LogP contribution in [-0.4, -0.2) is 32.4 Å². The smallest absolute Gasteiger partial charge is 0.150 e. The van der Waals surface area contributed by atoms with E-state index in [9.17, 15) is 12.8 Å². The Bertz CT molecular complexity index is 618. The average molecular weight is 333 g/mol. The molecule has 0 aliphatic carbocycles. The Kier molecular flexibility index (Phi) is 7.55. The van der Waals surface area contributed by atoms with Gasteiger partial charge in [0.1, 0.15) is 21.4 Å². The highest BCUT2D eigenvalue weighted by Crippen LogP contribution is 2.19. The van der Waals surface area contributed by atoms with Gasteiger partial charge < -0.3 is 4.74 Å². The Labute approximate surface area is 130 Å². The summed E-state index contributed by atoms with van der Waals surface area (Å²) in [7, 11) is -3.01. The van der Waals surface area contributed by atoms with Crippen molar-refractivity contribution in [2.75, 3.05) is 24.0 Å². The molecule has 3 nitrogen and oxygen atoms in total. The molecule has 1 aromatic carbocycles. The standard InChI is InChI=1S/C15H18ClFO3S/c1-2-21(18,19)11-5-10-20-15-12-14(17)8-7-13(15)6-3-4-9-16/h7-8,12H,2,4-5,9-11H2,1H3. The number of benzene rings is 1. The minimum absolute atomic E-state index is 0.0616. The molecule has 0 unspecified atom stereocenters. The first-order valence-corrected chi connectivity index (χ1v) is 9.01. The average Bonchev–Trinajstić information content (AvgIpc) is 2.46. The number of hydrogen-bond donors (Lipinski definition) is 0. The molecule has 0 atom stereocenters. The molecule has 0 saturated heterocycles. The van der Waals surface area contributed by atoms with Crippen molar-refractivity contribution in [2.24, 2.45) is 0 Å². The first-order chi connectivity index (χ1) is 9.98. The minimum atomic E-state index is -3.01. The number of ether oxygens (including phenoxy) is 1. The fourth-order valence-corrected chi connectivity index (χ4v) is 2.47. The summed E-state index contributed by atoms with van der Waals surface area (Å²) in [5.41, 5.74) is 0.569. The largest absolute Gasteiger partial charge is 0.492 e. The molecule has 0 bridgehead atoms. The Morgan fingerprint density at radius 3 is 2.81 bits per heavy atom. The third-order valence-corrected chi connectivity index (χ3v) is 4.66. The van der Waals surface area contributed by atoms with E-state index in [4.69, 9.17) is 16.3 Å². The van der Waals surface area contributed by atoms with Crippen LogP contribution in [0.2, 0.25) is 0 Å². The summed E-state index contributed by atoms with van der Waals surface area (Å²) in [6.45, 7) is 1.81. The molecule has 116 valence electrons. The van der Waals surface area contributed by atoms with Crippen molar-refractivity contribution in [1.82, 2.24) is 0 Å². The molecule has 0 aromatic heterocycles. The van der Waals surface area contributed by atoms with Gasteiger partial charge in [0.2, 0.25) is 0 Å². The third kappa shape index (κ3) is 6.83. The lowest BCUT2D eigenvalue weighted by molar-refractivity contribution is 0.315.